The molecule has 0 unspecified atom stereocenters. The van der Waals surface area contributed by atoms with Crippen molar-refractivity contribution in [3.8, 4) is 0 Å². The summed E-state index contributed by atoms with van der Waals surface area (Å²) in [7, 11) is 0. The van der Waals surface area contributed by atoms with Crippen molar-refractivity contribution < 1.29 is 14.3 Å². The van der Waals surface area contributed by atoms with Gasteiger partial charge in [0.15, 0.2) is 0 Å². The van der Waals surface area contributed by atoms with Gasteiger partial charge in [-0.05, 0) is 42.7 Å². The Morgan fingerprint density at radius 2 is 1.31 bits per heavy atom. The predicted molar refractivity (Wildman–Crippen MR) is 125 cm³/mol. The second kappa shape index (κ2) is 24.6. The van der Waals surface area contributed by atoms with Gasteiger partial charge < -0.3 is 15.2 Å². The molecule has 1 rings (SSSR count). The van der Waals surface area contributed by atoms with E-state index in [4.69, 9.17) is 14.3 Å². The van der Waals surface area contributed by atoms with Crippen LogP contribution in [0.4, 0.5) is 0 Å². The van der Waals surface area contributed by atoms with Gasteiger partial charge in [-0.15, -0.1) is 0 Å². The first-order valence-electron chi connectivity index (χ1n) is 11.5. The molecule has 0 aliphatic rings. The topological polar surface area (TPSA) is 61.6 Å². The highest BCUT2D eigenvalue weighted by Crippen LogP contribution is 2.11. The van der Waals surface area contributed by atoms with Gasteiger partial charge in [0.1, 0.15) is 0 Å². The minimum absolute atomic E-state index is 0.250. The zero-order valence-corrected chi connectivity index (χ0v) is 19.8. The maximum Gasteiger partial charge on any atom is 0.204 e. The van der Waals surface area contributed by atoms with Gasteiger partial charge >= 0.3 is 0 Å². The van der Waals surface area contributed by atoms with Gasteiger partial charge in [0.2, 0.25) is 6.41 Å². The molecule has 0 radical (unpaired) electrons. The van der Waals surface area contributed by atoms with Crippen LogP contribution in [0.25, 0.3) is 0 Å². The van der Waals surface area contributed by atoms with E-state index in [1.165, 1.54) is 49.7 Å². The predicted octanol–water partition coefficient (Wildman–Crippen LogP) is 5.95. The molecule has 0 aliphatic carbocycles. The fourth-order valence-electron chi connectivity index (χ4n) is 2.82. The highest BCUT2D eigenvalue weighted by atomic mass is 16.5. The molecule has 0 atom stereocenters. The number of primary amides is 1. The molecule has 0 spiro atoms. The molecule has 0 aromatic heterocycles. The van der Waals surface area contributed by atoms with Crippen molar-refractivity contribution in [2.75, 3.05) is 26.4 Å². The van der Waals surface area contributed by atoms with Gasteiger partial charge in [-0.3, -0.25) is 4.79 Å². The normalized spacial score (nSPS) is 10.0. The lowest BCUT2D eigenvalue weighted by molar-refractivity contribution is -0.106. The maximum absolute atomic E-state index is 8.58. The molecular formula is C25H47NO3. The highest BCUT2D eigenvalue weighted by Gasteiger charge is 1.99. The minimum Gasteiger partial charge on any atom is -0.379 e. The minimum atomic E-state index is 0.250. The number of carbonyl (C=O) groups excluding carboxylic acids is 1. The Bertz CT molecular complexity index is 432. The first-order chi connectivity index (χ1) is 14.1. The van der Waals surface area contributed by atoms with Gasteiger partial charge in [0, 0.05) is 13.2 Å². The third-order valence-corrected chi connectivity index (χ3v) is 4.19. The number of rotatable bonds is 15. The number of benzene rings is 1. The Morgan fingerprint density at radius 3 is 1.83 bits per heavy atom. The van der Waals surface area contributed by atoms with E-state index in [1.54, 1.807) is 0 Å². The van der Waals surface area contributed by atoms with Crippen LogP contribution < -0.4 is 5.73 Å². The number of unbranched alkanes of at least 4 members (excludes halogenated alkanes) is 4. The van der Waals surface area contributed by atoms with E-state index in [0.717, 1.165) is 45.2 Å². The monoisotopic (exact) mass is 409 g/mol. The molecule has 1 aromatic rings. The number of hydrogen-bond acceptors (Lipinski definition) is 3. The van der Waals surface area contributed by atoms with Gasteiger partial charge in [0.25, 0.3) is 0 Å². The molecule has 0 saturated carbocycles. The van der Waals surface area contributed by atoms with Crippen molar-refractivity contribution in [2.45, 2.75) is 86.0 Å². The average molecular weight is 410 g/mol. The number of nitrogens with two attached hydrogens (primary N) is 1. The molecule has 4 heteroatoms. The lowest BCUT2D eigenvalue weighted by Crippen LogP contribution is -2.06. The van der Waals surface area contributed by atoms with Crippen molar-refractivity contribution in [3.05, 3.63) is 35.4 Å². The van der Waals surface area contributed by atoms with Crippen molar-refractivity contribution in [1.82, 2.24) is 0 Å². The third-order valence-electron chi connectivity index (χ3n) is 4.19. The van der Waals surface area contributed by atoms with E-state index in [9.17, 15) is 0 Å². The second-order valence-electron chi connectivity index (χ2n) is 7.29. The quantitative estimate of drug-likeness (QED) is 0.288. The lowest BCUT2D eigenvalue weighted by Gasteiger charge is -2.08. The van der Waals surface area contributed by atoms with Gasteiger partial charge in [0.05, 0.1) is 13.2 Å². The summed E-state index contributed by atoms with van der Waals surface area (Å²) in [5.74, 6) is 0.725. The Labute approximate surface area is 180 Å². The number of carbonyl (C=O) groups is 1. The third kappa shape index (κ3) is 22.8. The Hall–Kier alpha value is -1.39. The average Bonchev–Trinajstić information content (AvgIpc) is 2.72. The van der Waals surface area contributed by atoms with Crippen LogP contribution in [-0.2, 0) is 27.1 Å². The van der Waals surface area contributed by atoms with Crippen LogP contribution in [-0.4, -0.2) is 32.8 Å². The molecule has 29 heavy (non-hydrogen) atoms. The number of hydrogen-bond donors (Lipinski definition) is 1. The van der Waals surface area contributed by atoms with Crippen LogP contribution in [0.3, 0.4) is 0 Å². The van der Waals surface area contributed by atoms with Crippen LogP contribution >= 0.6 is 0 Å². The lowest BCUT2D eigenvalue weighted by atomic mass is 10.0. The molecule has 2 N–H and O–H groups in total. The second-order valence-corrected chi connectivity index (χ2v) is 7.29. The van der Waals surface area contributed by atoms with Gasteiger partial charge in [-0.1, -0.05) is 84.6 Å². The van der Waals surface area contributed by atoms with Crippen molar-refractivity contribution in [3.63, 3.8) is 0 Å². The van der Waals surface area contributed by atoms with E-state index < -0.39 is 0 Å². The first-order valence-corrected chi connectivity index (χ1v) is 11.5. The van der Waals surface area contributed by atoms with Crippen molar-refractivity contribution in [1.29, 1.82) is 0 Å². The molecule has 1 amide bonds. The molecule has 4 nitrogen and oxygen atoms in total. The van der Waals surface area contributed by atoms with E-state index in [1.807, 2.05) is 13.8 Å². The van der Waals surface area contributed by atoms with E-state index in [2.05, 4.69) is 50.8 Å². The summed E-state index contributed by atoms with van der Waals surface area (Å²) in [6.07, 6.45) is 10.1. The molecule has 0 heterocycles. The summed E-state index contributed by atoms with van der Waals surface area (Å²) < 4.78 is 11.3. The summed E-state index contributed by atoms with van der Waals surface area (Å²) in [6, 6.07) is 9.06. The molecule has 170 valence electrons. The fraction of sp³-hybridized carbons (Fsp3) is 0.720. The SMILES string of the molecule is CC.CCCCCCCOCCOCCCc1ccc(CC(C)C)cc1.NC=O. The Balaban J connectivity index is 0. The molecule has 0 saturated heterocycles. The standard InChI is InChI=1S/C22H38O2.C2H6.CH3NO/c1-4-5-6-7-8-15-23-17-18-24-16-9-10-21-11-13-22(14-12-21)19-20(2)3;1-2;2-1-3/h11-14,20H,4-10,15-19H2,1-3H3;1-2H3;1H,(H2,2,3). The summed E-state index contributed by atoms with van der Waals surface area (Å²) in [6.45, 7) is 13.9. The summed E-state index contributed by atoms with van der Waals surface area (Å²) in [4.78, 5) is 8.58. The molecule has 0 fully saturated rings. The summed E-state index contributed by atoms with van der Waals surface area (Å²) >= 11 is 0. The maximum atomic E-state index is 8.58. The Morgan fingerprint density at radius 1 is 0.828 bits per heavy atom. The molecule has 0 bridgehead atoms. The number of amides is 1. The summed E-state index contributed by atoms with van der Waals surface area (Å²) in [5.41, 5.74) is 7.02. The van der Waals surface area contributed by atoms with Gasteiger partial charge in [-0.2, -0.15) is 0 Å². The van der Waals surface area contributed by atoms with Crippen LogP contribution in [0.15, 0.2) is 24.3 Å². The number of ether oxygens (including phenoxy) is 2. The van der Waals surface area contributed by atoms with E-state index >= 15 is 0 Å². The Kier molecular flexibility index (Phi) is 25.3. The zero-order chi connectivity index (χ0) is 22.2. The van der Waals surface area contributed by atoms with Crippen LogP contribution in [0.5, 0.6) is 0 Å². The van der Waals surface area contributed by atoms with Crippen LogP contribution in [0.1, 0.15) is 84.3 Å². The smallest absolute Gasteiger partial charge is 0.204 e. The molecular weight excluding hydrogens is 362 g/mol. The van der Waals surface area contributed by atoms with Crippen LogP contribution in [0.2, 0.25) is 0 Å². The number of aryl methyl sites for hydroxylation is 1. The zero-order valence-electron chi connectivity index (χ0n) is 19.8. The van der Waals surface area contributed by atoms with E-state index in [0.29, 0.717) is 0 Å². The fourth-order valence-corrected chi connectivity index (χ4v) is 2.82. The van der Waals surface area contributed by atoms with E-state index in [-0.39, 0.29) is 6.41 Å². The first kappa shape index (κ1) is 29.8. The van der Waals surface area contributed by atoms with Gasteiger partial charge in [-0.25, -0.2) is 0 Å². The largest absolute Gasteiger partial charge is 0.379 e. The highest BCUT2D eigenvalue weighted by molar-refractivity contribution is 5.42. The molecule has 1 aromatic carbocycles. The van der Waals surface area contributed by atoms with Crippen LogP contribution in [0, 0.1) is 5.92 Å². The summed E-state index contributed by atoms with van der Waals surface area (Å²) in [5, 5.41) is 0. The van der Waals surface area contributed by atoms with Crippen molar-refractivity contribution in [2.24, 2.45) is 11.7 Å². The molecule has 0 aliphatic heterocycles. The van der Waals surface area contributed by atoms with Crippen molar-refractivity contribution >= 4 is 6.41 Å².